The summed E-state index contributed by atoms with van der Waals surface area (Å²) >= 11 is 0. The highest BCUT2D eigenvalue weighted by Crippen LogP contribution is 2.38. The van der Waals surface area contributed by atoms with E-state index in [0.29, 0.717) is 5.92 Å². The molecule has 1 aromatic carbocycles. The van der Waals surface area contributed by atoms with Gasteiger partial charge in [0.25, 0.3) is 0 Å². The van der Waals surface area contributed by atoms with Gasteiger partial charge in [0, 0.05) is 0 Å². The fourth-order valence-corrected chi connectivity index (χ4v) is 2.26. The van der Waals surface area contributed by atoms with Crippen molar-refractivity contribution < 1.29 is 15.0 Å². The van der Waals surface area contributed by atoms with Crippen molar-refractivity contribution in [2.24, 2.45) is 5.92 Å². The number of aromatic hydroxyl groups is 1. The molecule has 2 unspecified atom stereocenters. The zero-order valence-corrected chi connectivity index (χ0v) is 8.39. The van der Waals surface area contributed by atoms with Gasteiger partial charge in [0.05, 0.1) is 5.92 Å². The maximum atomic E-state index is 10.8. The van der Waals surface area contributed by atoms with E-state index in [2.05, 4.69) is 0 Å². The van der Waals surface area contributed by atoms with Crippen LogP contribution in [0.3, 0.4) is 0 Å². The molecule has 1 aromatic rings. The van der Waals surface area contributed by atoms with Gasteiger partial charge in [-0.15, -0.1) is 0 Å². The Balaban J connectivity index is 2.07. The maximum Gasteiger partial charge on any atom is 0.306 e. The van der Waals surface area contributed by atoms with Crippen LogP contribution in [-0.4, -0.2) is 16.2 Å². The number of carboxylic acid groups (broad SMARTS) is 1. The van der Waals surface area contributed by atoms with Crippen molar-refractivity contribution >= 4 is 5.97 Å². The van der Waals surface area contributed by atoms with Gasteiger partial charge in [-0.05, 0) is 42.9 Å². The number of carbonyl (C=O) groups is 1. The minimum Gasteiger partial charge on any atom is -0.508 e. The van der Waals surface area contributed by atoms with Crippen molar-refractivity contribution in [3.05, 3.63) is 29.8 Å². The van der Waals surface area contributed by atoms with Gasteiger partial charge in [-0.2, -0.15) is 0 Å². The van der Waals surface area contributed by atoms with Crippen LogP contribution in [0.1, 0.15) is 30.7 Å². The fourth-order valence-electron chi connectivity index (χ4n) is 2.26. The summed E-state index contributed by atoms with van der Waals surface area (Å²) < 4.78 is 0. The van der Waals surface area contributed by atoms with E-state index >= 15 is 0 Å². The molecule has 2 atom stereocenters. The molecule has 0 bridgehead atoms. The summed E-state index contributed by atoms with van der Waals surface area (Å²) in [6.07, 6.45) is 2.42. The molecule has 1 saturated carbocycles. The Morgan fingerprint density at radius 2 is 1.87 bits per heavy atom. The molecule has 0 heterocycles. The predicted molar refractivity (Wildman–Crippen MR) is 55.8 cm³/mol. The highest BCUT2D eigenvalue weighted by molar-refractivity contribution is 5.70. The Morgan fingerprint density at radius 3 is 2.40 bits per heavy atom. The zero-order valence-electron chi connectivity index (χ0n) is 8.39. The molecule has 0 amide bonds. The van der Waals surface area contributed by atoms with E-state index in [1.54, 1.807) is 12.1 Å². The van der Waals surface area contributed by atoms with Gasteiger partial charge < -0.3 is 10.2 Å². The summed E-state index contributed by atoms with van der Waals surface area (Å²) in [5.41, 5.74) is 1.14. The van der Waals surface area contributed by atoms with Crippen molar-refractivity contribution in [3.8, 4) is 5.75 Å². The highest BCUT2D eigenvalue weighted by atomic mass is 16.4. The van der Waals surface area contributed by atoms with Crippen LogP contribution >= 0.6 is 0 Å². The van der Waals surface area contributed by atoms with E-state index < -0.39 is 5.97 Å². The molecule has 1 aliphatic rings. The van der Waals surface area contributed by atoms with Crippen molar-refractivity contribution in [2.75, 3.05) is 0 Å². The quantitative estimate of drug-likeness (QED) is 0.781. The second kappa shape index (κ2) is 3.93. The summed E-state index contributed by atoms with van der Waals surface area (Å²) in [6.45, 7) is 0. The average molecular weight is 206 g/mol. The minimum absolute atomic E-state index is 0.191. The van der Waals surface area contributed by atoms with Gasteiger partial charge >= 0.3 is 5.97 Å². The molecule has 0 aliphatic heterocycles. The van der Waals surface area contributed by atoms with Crippen LogP contribution in [0, 0.1) is 5.92 Å². The van der Waals surface area contributed by atoms with Crippen LogP contribution in [0.4, 0.5) is 0 Å². The number of phenols is 1. The first-order valence-corrected chi connectivity index (χ1v) is 5.18. The topological polar surface area (TPSA) is 57.5 Å². The third kappa shape index (κ3) is 2.12. The molecule has 1 fully saturated rings. The van der Waals surface area contributed by atoms with Gasteiger partial charge in [-0.3, -0.25) is 4.79 Å². The summed E-state index contributed by atoms with van der Waals surface area (Å²) in [6, 6.07) is 7.07. The first-order chi connectivity index (χ1) is 7.16. The molecule has 0 aromatic heterocycles. The molecule has 3 nitrogen and oxygen atoms in total. The molecule has 2 rings (SSSR count). The summed E-state index contributed by atoms with van der Waals surface area (Å²) in [5, 5.41) is 18.0. The molecule has 15 heavy (non-hydrogen) atoms. The van der Waals surface area contributed by atoms with Gasteiger partial charge in [-0.25, -0.2) is 0 Å². The molecule has 80 valence electrons. The molecule has 3 heteroatoms. The van der Waals surface area contributed by atoms with Gasteiger partial charge in [-0.1, -0.05) is 12.1 Å². The Hall–Kier alpha value is -1.51. The first kappa shape index (κ1) is 10.0. The molecule has 0 saturated heterocycles. The zero-order chi connectivity index (χ0) is 10.8. The highest BCUT2D eigenvalue weighted by Gasteiger charge is 2.30. The molecule has 0 spiro atoms. The van der Waals surface area contributed by atoms with Crippen LogP contribution in [-0.2, 0) is 4.79 Å². The van der Waals surface area contributed by atoms with Crippen LogP contribution < -0.4 is 0 Å². The Morgan fingerprint density at radius 1 is 1.20 bits per heavy atom. The normalized spacial score (nSPS) is 25.3. The number of hydrogen-bond acceptors (Lipinski definition) is 2. The third-order valence-corrected chi connectivity index (χ3v) is 3.15. The summed E-state index contributed by atoms with van der Waals surface area (Å²) in [5.74, 6) is -0.279. The van der Waals surface area contributed by atoms with Crippen LogP contribution in [0.25, 0.3) is 0 Å². The van der Waals surface area contributed by atoms with Gasteiger partial charge in [0.2, 0.25) is 0 Å². The number of rotatable bonds is 2. The smallest absolute Gasteiger partial charge is 0.306 e. The number of phenolic OH excluding ortho intramolecular Hbond substituents is 1. The summed E-state index contributed by atoms with van der Waals surface area (Å²) in [4.78, 5) is 10.8. The number of aliphatic carboxylic acids is 1. The second-order valence-corrected chi connectivity index (χ2v) is 4.14. The first-order valence-electron chi connectivity index (χ1n) is 5.18. The molecule has 1 aliphatic carbocycles. The largest absolute Gasteiger partial charge is 0.508 e. The van der Waals surface area contributed by atoms with E-state index in [4.69, 9.17) is 10.2 Å². The Bertz CT molecular complexity index is 356. The number of benzene rings is 1. The van der Waals surface area contributed by atoms with E-state index in [0.717, 1.165) is 24.8 Å². The lowest BCUT2D eigenvalue weighted by molar-refractivity contribution is -0.141. The van der Waals surface area contributed by atoms with Crippen LogP contribution in [0.5, 0.6) is 5.75 Å². The summed E-state index contributed by atoms with van der Waals surface area (Å²) in [7, 11) is 0. The van der Waals surface area contributed by atoms with E-state index in [1.807, 2.05) is 12.1 Å². The second-order valence-electron chi connectivity index (χ2n) is 4.14. The lowest BCUT2D eigenvalue weighted by Gasteiger charge is -2.09. The molecular weight excluding hydrogens is 192 g/mol. The van der Waals surface area contributed by atoms with E-state index in [-0.39, 0.29) is 11.7 Å². The Kier molecular flexibility index (Phi) is 2.62. The minimum atomic E-state index is -0.684. The van der Waals surface area contributed by atoms with Gasteiger partial charge in [0.15, 0.2) is 0 Å². The average Bonchev–Trinajstić information content (AvgIpc) is 2.68. The standard InChI is InChI=1S/C12H14O3/c13-11-5-3-8(4-6-11)9-1-2-10(7-9)12(14)15/h3-6,9-10,13H,1-2,7H2,(H,14,15). The van der Waals surface area contributed by atoms with E-state index in [1.165, 1.54) is 0 Å². The Labute approximate surface area is 88.4 Å². The van der Waals surface area contributed by atoms with Crippen molar-refractivity contribution in [2.45, 2.75) is 25.2 Å². The van der Waals surface area contributed by atoms with Gasteiger partial charge in [0.1, 0.15) is 5.75 Å². The SMILES string of the molecule is O=C(O)C1CCC(c2ccc(O)cc2)C1. The lowest BCUT2D eigenvalue weighted by Crippen LogP contribution is -2.09. The predicted octanol–water partition coefficient (Wildman–Crippen LogP) is 2.36. The fraction of sp³-hybridized carbons (Fsp3) is 0.417. The monoisotopic (exact) mass is 206 g/mol. The van der Waals surface area contributed by atoms with Crippen molar-refractivity contribution in [1.82, 2.24) is 0 Å². The maximum absolute atomic E-state index is 10.8. The van der Waals surface area contributed by atoms with Crippen LogP contribution in [0.15, 0.2) is 24.3 Å². The van der Waals surface area contributed by atoms with Crippen molar-refractivity contribution in [1.29, 1.82) is 0 Å². The van der Waals surface area contributed by atoms with E-state index in [9.17, 15) is 4.79 Å². The molecule has 2 N–H and O–H groups in total. The molecular formula is C12H14O3. The number of hydrogen-bond donors (Lipinski definition) is 2. The van der Waals surface area contributed by atoms with Crippen LogP contribution in [0.2, 0.25) is 0 Å². The molecule has 0 radical (unpaired) electrons. The van der Waals surface area contributed by atoms with Crippen molar-refractivity contribution in [3.63, 3.8) is 0 Å². The lowest BCUT2D eigenvalue weighted by atomic mass is 9.96. The number of carboxylic acids is 1. The third-order valence-electron chi connectivity index (χ3n) is 3.15.